The summed E-state index contributed by atoms with van der Waals surface area (Å²) in [5.74, 6) is 0. The van der Waals surface area contributed by atoms with E-state index in [1.54, 1.807) is 6.20 Å². The first kappa shape index (κ1) is 9.65. The summed E-state index contributed by atoms with van der Waals surface area (Å²) in [6, 6.07) is 1.94. The maximum atomic E-state index is 13.4. The molecular weight excluding hydrogens is 181 g/mol. The Morgan fingerprint density at radius 3 is 3.07 bits per heavy atom. The van der Waals surface area contributed by atoms with Crippen molar-refractivity contribution in [2.75, 3.05) is 0 Å². The molecule has 0 spiro atoms. The highest BCUT2D eigenvalue weighted by Crippen LogP contribution is 2.21. The number of aromatic nitrogens is 2. The Kier molecular flexibility index (Phi) is 3.14. The lowest BCUT2D eigenvalue weighted by atomic mass is 9.93. The van der Waals surface area contributed by atoms with Gasteiger partial charge in [-0.2, -0.15) is 5.10 Å². The third-order valence-corrected chi connectivity index (χ3v) is 2.79. The molecule has 78 valence electrons. The van der Waals surface area contributed by atoms with Crippen LogP contribution in [-0.4, -0.2) is 22.4 Å². The van der Waals surface area contributed by atoms with Gasteiger partial charge in [0.2, 0.25) is 0 Å². The molecule has 0 aromatic carbocycles. The van der Waals surface area contributed by atoms with E-state index in [0.717, 1.165) is 25.0 Å². The van der Waals surface area contributed by atoms with E-state index in [9.17, 15) is 4.39 Å². The summed E-state index contributed by atoms with van der Waals surface area (Å²) in [6.07, 6.45) is 4.87. The van der Waals surface area contributed by atoms with Crippen LogP contribution in [0.4, 0.5) is 4.39 Å². The predicted molar refractivity (Wildman–Crippen MR) is 52.6 cm³/mol. The number of H-pyrrole nitrogens is 1. The minimum absolute atomic E-state index is 0.0343. The Labute approximate surface area is 83.1 Å². The lowest BCUT2D eigenvalue weighted by Crippen LogP contribution is -2.39. The van der Waals surface area contributed by atoms with Gasteiger partial charge in [0.15, 0.2) is 0 Å². The second-order valence-corrected chi connectivity index (χ2v) is 3.87. The van der Waals surface area contributed by atoms with Gasteiger partial charge in [0.1, 0.15) is 6.17 Å². The quantitative estimate of drug-likeness (QED) is 0.775. The first-order chi connectivity index (χ1) is 6.86. The number of hydrogen-bond acceptors (Lipinski definition) is 2. The molecule has 1 fully saturated rings. The highest BCUT2D eigenvalue weighted by atomic mass is 19.1. The molecule has 14 heavy (non-hydrogen) atoms. The molecule has 3 nitrogen and oxygen atoms in total. The smallest absolute Gasteiger partial charge is 0.115 e. The molecular formula is C10H16FN3. The van der Waals surface area contributed by atoms with Crippen LogP contribution in [0.15, 0.2) is 12.3 Å². The number of aromatic amines is 1. The van der Waals surface area contributed by atoms with Crippen LogP contribution >= 0.6 is 0 Å². The molecule has 1 aliphatic rings. The van der Waals surface area contributed by atoms with Crippen molar-refractivity contribution in [3.8, 4) is 0 Å². The van der Waals surface area contributed by atoms with Crippen molar-refractivity contribution in [2.45, 2.75) is 44.4 Å². The lowest BCUT2D eigenvalue weighted by molar-refractivity contribution is 0.188. The summed E-state index contributed by atoms with van der Waals surface area (Å²) in [5.41, 5.74) is 1.02. The summed E-state index contributed by atoms with van der Waals surface area (Å²) >= 11 is 0. The standard InChI is InChI=1S/C10H16FN3/c11-9-3-1-2-4-10(9)12-7-8-5-6-13-14-8/h5-6,9-10,12H,1-4,7H2,(H,13,14)/t9-,10-/m1/s1. The normalized spacial score (nSPS) is 27.8. The van der Waals surface area contributed by atoms with Crippen LogP contribution in [0.2, 0.25) is 0 Å². The first-order valence-corrected chi connectivity index (χ1v) is 5.22. The van der Waals surface area contributed by atoms with Crippen molar-refractivity contribution in [1.82, 2.24) is 15.5 Å². The third-order valence-electron chi connectivity index (χ3n) is 2.79. The van der Waals surface area contributed by atoms with Crippen LogP contribution in [0.3, 0.4) is 0 Å². The van der Waals surface area contributed by atoms with Crippen LogP contribution in [0.25, 0.3) is 0 Å². The minimum atomic E-state index is -0.674. The molecule has 2 rings (SSSR count). The zero-order valence-electron chi connectivity index (χ0n) is 8.17. The van der Waals surface area contributed by atoms with Gasteiger partial charge in [0.05, 0.1) is 0 Å². The zero-order valence-corrected chi connectivity index (χ0v) is 8.17. The van der Waals surface area contributed by atoms with Crippen molar-refractivity contribution in [3.05, 3.63) is 18.0 Å². The highest BCUT2D eigenvalue weighted by Gasteiger charge is 2.23. The minimum Gasteiger partial charge on any atom is -0.306 e. The van der Waals surface area contributed by atoms with Crippen molar-refractivity contribution >= 4 is 0 Å². The van der Waals surface area contributed by atoms with Gasteiger partial charge in [0.25, 0.3) is 0 Å². The van der Waals surface area contributed by atoms with Gasteiger partial charge in [-0.05, 0) is 18.9 Å². The fourth-order valence-corrected chi connectivity index (χ4v) is 1.94. The topological polar surface area (TPSA) is 40.7 Å². The Hall–Kier alpha value is -0.900. The van der Waals surface area contributed by atoms with Crippen LogP contribution in [-0.2, 0) is 6.54 Å². The Balaban J connectivity index is 1.79. The van der Waals surface area contributed by atoms with E-state index in [-0.39, 0.29) is 6.04 Å². The van der Waals surface area contributed by atoms with Gasteiger partial charge in [-0.25, -0.2) is 4.39 Å². The summed E-state index contributed by atoms with van der Waals surface area (Å²) in [7, 11) is 0. The van der Waals surface area contributed by atoms with Crippen LogP contribution in [0.1, 0.15) is 31.4 Å². The molecule has 0 radical (unpaired) electrons. The van der Waals surface area contributed by atoms with E-state index in [0.29, 0.717) is 13.0 Å². The van der Waals surface area contributed by atoms with Gasteiger partial charge >= 0.3 is 0 Å². The second-order valence-electron chi connectivity index (χ2n) is 3.87. The van der Waals surface area contributed by atoms with Gasteiger partial charge in [-0.15, -0.1) is 0 Å². The Morgan fingerprint density at radius 2 is 2.36 bits per heavy atom. The van der Waals surface area contributed by atoms with Gasteiger partial charge in [0, 0.05) is 24.5 Å². The highest BCUT2D eigenvalue weighted by molar-refractivity contribution is 4.97. The van der Waals surface area contributed by atoms with E-state index < -0.39 is 6.17 Å². The summed E-state index contributed by atoms with van der Waals surface area (Å²) in [6.45, 7) is 0.686. The summed E-state index contributed by atoms with van der Waals surface area (Å²) < 4.78 is 13.4. The van der Waals surface area contributed by atoms with E-state index in [1.807, 2.05) is 6.07 Å². The largest absolute Gasteiger partial charge is 0.306 e. The summed E-state index contributed by atoms with van der Waals surface area (Å²) in [4.78, 5) is 0. The maximum absolute atomic E-state index is 13.4. The molecule has 1 aliphatic carbocycles. The zero-order chi connectivity index (χ0) is 9.80. The SMILES string of the molecule is F[C@@H]1CCCC[C@H]1NCc1ccn[nH]1. The fraction of sp³-hybridized carbons (Fsp3) is 0.700. The molecule has 4 heteroatoms. The van der Waals surface area contributed by atoms with Crippen molar-refractivity contribution < 1.29 is 4.39 Å². The monoisotopic (exact) mass is 197 g/mol. The average Bonchev–Trinajstić information content (AvgIpc) is 2.69. The number of alkyl halides is 1. The van der Waals surface area contributed by atoms with Crippen molar-refractivity contribution in [2.24, 2.45) is 0 Å². The van der Waals surface area contributed by atoms with Crippen molar-refractivity contribution in [1.29, 1.82) is 0 Å². The Morgan fingerprint density at radius 1 is 1.50 bits per heavy atom. The molecule has 1 aromatic heterocycles. The van der Waals surface area contributed by atoms with Gasteiger partial charge < -0.3 is 5.32 Å². The molecule has 2 atom stereocenters. The second kappa shape index (κ2) is 4.55. The van der Waals surface area contributed by atoms with Gasteiger partial charge in [-0.1, -0.05) is 12.8 Å². The van der Waals surface area contributed by atoms with E-state index in [1.165, 1.54) is 0 Å². The number of nitrogens with one attached hydrogen (secondary N) is 2. The predicted octanol–water partition coefficient (Wildman–Crippen LogP) is 1.78. The van der Waals surface area contributed by atoms with Crippen molar-refractivity contribution in [3.63, 3.8) is 0 Å². The van der Waals surface area contributed by atoms with Crippen LogP contribution in [0.5, 0.6) is 0 Å². The van der Waals surface area contributed by atoms with Crippen LogP contribution < -0.4 is 5.32 Å². The van der Waals surface area contributed by atoms with Crippen LogP contribution in [0, 0.1) is 0 Å². The lowest BCUT2D eigenvalue weighted by Gasteiger charge is -2.26. The molecule has 0 bridgehead atoms. The first-order valence-electron chi connectivity index (χ1n) is 5.22. The summed E-state index contributed by atoms with van der Waals surface area (Å²) in [5, 5.41) is 9.93. The molecule has 0 unspecified atom stereocenters. The fourth-order valence-electron chi connectivity index (χ4n) is 1.94. The average molecular weight is 197 g/mol. The molecule has 0 saturated heterocycles. The molecule has 1 saturated carbocycles. The number of nitrogens with zero attached hydrogens (tertiary/aromatic N) is 1. The molecule has 0 amide bonds. The Bertz CT molecular complexity index is 260. The molecule has 0 aliphatic heterocycles. The number of rotatable bonds is 3. The molecule has 1 heterocycles. The van der Waals surface area contributed by atoms with E-state index >= 15 is 0 Å². The van der Waals surface area contributed by atoms with Gasteiger partial charge in [-0.3, -0.25) is 5.10 Å². The van der Waals surface area contributed by atoms with E-state index in [4.69, 9.17) is 0 Å². The van der Waals surface area contributed by atoms with E-state index in [2.05, 4.69) is 15.5 Å². The third kappa shape index (κ3) is 2.32. The maximum Gasteiger partial charge on any atom is 0.115 e. The molecule has 2 N–H and O–H groups in total. The number of halogens is 1. The molecule has 1 aromatic rings. The number of hydrogen-bond donors (Lipinski definition) is 2.